The third-order valence-corrected chi connectivity index (χ3v) is 8.20. The molecule has 1 aromatic rings. The van der Waals surface area contributed by atoms with E-state index in [1.165, 1.54) is 19.1 Å². The standard InChI is InChI=1S/C23H27F4N3O3S/c1-14(31)11-29(34(32,33)13-23(25,26)27)12-17-4-3-16-9-21-20(15(2)22(16)17)10-28-30(21)19-7-5-18(24)6-8-19/h5-10,14-15,17,28,31H,3-4,11-13H2,1-2H3/t14-,15-,17+/m0/s1. The Bertz CT molecular complexity index is 1140. The number of alkyl halides is 3. The van der Waals surface area contributed by atoms with Gasteiger partial charge in [0.2, 0.25) is 10.0 Å². The molecule has 0 spiro atoms. The first-order valence-corrected chi connectivity index (χ1v) is 12.7. The first kappa shape index (κ1) is 24.7. The fraction of sp³-hybridized carbons (Fsp3) is 0.478. The van der Waals surface area contributed by atoms with Crippen molar-refractivity contribution in [3.05, 3.63) is 64.8 Å². The van der Waals surface area contributed by atoms with Gasteiger partial charge in [0.05, 0.1) is 17.5 Å². The average Bonchev–Trinajstić information content (AvgIpc) is 3.31. The maximum absolute atomic E-state index is 13.3. The summed E-state index contributed by atoms with van der Waals surface area (Å²) in [5.41, 5.74) is 7.85. The van der Waals surface area contributed by atoms with Gasteiger partial charge in [-0.25, -0.2) is 12.8 Å². The average molecular weight is 502 g/mol. The summed E-state index contributed by atoms with van der Waals surface area (Å²) < 4.78 is 77.9. The summed E-state index contributed by atoms with van der Waals surface area (Å²) in [6, 6.07) is 6.06. The van der Waals surface area contributed by atoms with Crippen LogP contribution in [-0.2, 0) is 10.0 Å². The summed E-state index contributed by atoms with van der Waals surface area (Å²) in [6.45, 7) is 2.84. The van der Waals surface area contributed by atoms with E-state index >= 15 is 0 Å². The monoisotopic (exact) mass is 501 g/mol. The molecule has 4 rings (SSSR count). The number of hydrazine groups is 1. The first-order valence-electron chi connectivity index (χ1n) is 11.1. The lowest BCUT2D eigenvalue weighted by molar-refractivity contribution is -0.107. The van der Waals surface area contributed by atoms with Gasteiger partial charge in [-0.1, -0.05) is 12.5 Å². The Balaban J connectivity index is 1.61. The van der Waals surface area contributed by atoms with Gasteiger partial charge >= 0.3 is 6.18 Å². The van der Waals surface area contributed by atoms with E-state index in [9.17, 15) is 31.1 Å². The highest BCUT2D eigenvalue weighted by Crippen LogP contribution is 2.48. The number of hydrogen-bond acceptors (Lipinski definition) is 5. The molecule has 186 valence electrons. The molecule has 6 nitrogen and oxygen atoms in total. The van der Waals surface area contributed by atoms with Gasteiger partial charge in [0, 0.05) is 30.8 Å². The number of sulfonamides is 1. The summed E-state index contributed by atoms with van der Waals surface area (Å²) in [7, 11) is -4.64. The highest BCUT2D eigenvalue weighted by molar-refractivity contribution is 7.89. The van der Waals surface area contributed by atoms with Crippen LogP contribution in [-0.4, -0.2) is 49.0 Å². The van der Waals surface area contributed by atoms with Crippen molar-refractivity contribution in [2.75, 3.05) is 23.9 Å². The summed E-state index contributed by atoms with van der Waals surface area (Å²) >= 11 is 0. The molecule has 0 amide bonds. The second kappa shape index (κ2) is 9.01. The third-order valence-electron chi connectivity index (χ3n) is 6.42. The van der Waals surface area contributed by atoms with Crippen LogP contribution in [0.3, 0.4) is 0 Å². The Labute approximate surface area is 196 Å². The second-order valence-electron chi connectivity index (χ2n) is 9.05. The van der Waals surface area contributed by atoms with Crippen LogP contribution in [0.2, 0.25) is 0 Å². The quantitative estimate of drug-likeness (QED) is 0.556. The highest BCUT2D eigenvalue weighted by Gasteiger charge is 2.42. The van der Waals surface area contributed by atoms with Crippen molar-refractivity contribution in [3.63, 3.8) is 0 Å². The Morgan fingerprint density at radius 2 is 1.94 bits per heavy atom. The molecule has 0 bridgehead atoms. The van der Waals surface area contributed by atoms with Gasteiger partial charge in [-0.15, -0.1) is 0 Å². The molecule has 0 unspecified atom stereocenters. The Kier molecular flexibility index (Phi) is 6.56. The van der Waals surface area contributed by atoms with Crippen molar-refractivity contribution in [1.82, 2.24) is 9.73 Å². The molecule has 0 aromatic heterocycles. The molecule has 11 heteroatoms. The molecule has 0 radical (unpaired) electrons. The fourth-order valence-corrected chi connectivity index (χ4v) is 6.49. The predicted molar refractivity (Wildman–Crippen MR) is 120 cm³/mol. The molecule has 3 atom stereocenters. The first-order chi connectivity index (χ1) is 15.9. The molecule has 1 aromatic carbocycles. The molecule has 2 aliphatic carbocycles. The molecule has 0 saturated carbocycles. The van der Waals surface area contributed by atoms with E-state index in [0.717, 1.165) is 32.4 Å². The number of anilines is 1. The van der Waals surface area contributed by atoms with Gasteiger partial charge in [-0.3, -0.25) is 5.01 Å². The van der Waals surface area contributed by atoms with Gasteiger partial charge in [-0.2, -0.15) is 17.5 Å². The van der Waals surface area contributed by atoms with Crippen molar-refractivity contribution in [3.8, 4) is 0 Å². The number of allylic oxidation sites excluding steroid dienone is 3. The van der Waals surface area contributed by atoms with E-state index in [4.69, 9.17) is 0 Å². The lowest BCUT2D eigenvalue weighted by Gasteiger charge is -2.32. The molecular formula is C23H27F4N3O3S. The molecule has 0 fully saturated rings. The van der Waals surface area contributed by atoms with Crippen LogP contribution in [0.5, 0.6) is 0 Å². The number of hydrogen-bond donors (Lipinski definition) is 2. The smallest absolute Gasteiger partial charge is 0.392 e. The lowest BCUT2D eigenvalue weighted by Crippen LogP contribution is -2.44. The largest absolute Gasteiger partial charge is 0.404 e. The fourth-order valence-electron chi connectivity index (χ4n) is 5.05. The molecule has 1 heterocycles. The molecule has 0 saturated heterocycles. The molecule has 1 aliphatic heterocycles. The SMILES string of the molecule is C[C@H]1C2=CNN(c3ccc(F)cc3)C2=CC2=C1[C@@H](CN(C[C@H](C)O)S(=O)(=O)CC(F)(F)F)CC2. The topological polar surface area (TPSA) is 72.9 Å². The van der Waals surface area contributed by atoms with E-state index in [2.05, 4.69) is 5.43 Å². The van der Waals surface area contributed by atoms with E-state index in [-0.39, 0.29) is 24.2 Å². The zero-order valence-electron chi connectivity index (χ0n) is 18.8. The predicted octanol–water partition coefficient (Wildman–Crippen LogP) is 3.85. The minimum atomic E-state index is -4.87. The summed E-state index contributed by atoms with van der Waals surface area (Å²) in [5, 5.41) is 11.6. The van der Waals surface area contributed by atoms with E-state index < -0.39 is 34.6 Å². The van der Waals surface area contributed by atoms with E-state index in [0.29, 0.717) is 12.8 Å². The van der Waals surface area contributed by atoms with Gasteiger partial charge in [-0.05, 0) is 61.6 Å². The van der Waals surface area contributed by atoms with Crippen LogP contribution in [0.1, 0.15) is 26.7 Å². The van der Waals surface area contributed by atoms with E-state index in [1.807, 2.05) is 24.2 Å². The Morgan fingerprint density at radius 1 is 1.26 bits per heavy atom. The highest BCUT2D eigenvalue weighted by atomic mass is 32.2. The number of nitrogens with zero attached hydrogens (tertiary/aromatic N) is 2. The summed E-state index contributed by atoms with van der Waals surface area (Å²) in [6.07, 6.45) is -0.843. The van der Waals surface area contributed by atoms with Crippen LogP contribution >= 0.6 is 0 Å². The molecule has 2 N–H and O–H groups in total. The van der Waals surface area contributed by atoms with Crippen LogP contribution in [0.25, 0.3) is 0 Å². The molecule has 3 aliphatic rings. The number of halogens is 4. The van der Waals surface area contributed by atoms with Crippen molar-refractivity contribution in [1.29, 1.82) is 0 Å². The molecular weight excluding hydrogens is 474 g/mol. The third kappa shape index (κ3) is 5.01. The Hall–Kier alpha value is -2.37. The number of fused-ring (bicyclic) bond motifs is 1. The van der Waals surface area contributed by atoms with Gasteiger partial charge < -0.3 is 10.5 Å². The van der Waals surface area contributed by atoms with Crippen LogP contribution in [0, 0.1) is 17.7 Å². The van der Waals surface area contributed by atoms with E-state index in [1.54, 1.807) is 12.1 Å². The summed E-state index contributed by atoms with van der Waals surface area (Å²) in [5.74, 6) is -2.63. The minimum Gasteiger partial charge on any atom is -0.392 e. The van der Waals surface area contributed by atoms with Gasteiger partial charge in [0.15, 0.2) is 5.75 Å². The second-order valence-corrected chi connectivity index (χ2v) is 11.0. The Morgan fingerprint density at radius 3 is 2.56 bits per heavy atom. The maximum atomic E-state index is 13.3. The number of benzene rings is 1. The lowest BCUT2D eigenvalue weighted by atomic mass is 9.80. The summed E-state index contributed by atoms with van der Waals surface area (Å²) in [4.78, 5) is 0. The minimum absolute atomic E-state index is 0.0841. The molecule has 34 heavy (non-hydrogen) atoms. The van der Waals surface area contributed by atoms with Crippen LogP contribution in [0.4, 0.5) is 23.2 Å². The van der Waals surface area contributed by atoms with Gasteiger partial charge in [0.25, 0.3) is 0 Å². The zero-order chi connectivity index (χ0) is 24.8. The number of rotatable bonds is 7. The van der Waals surface area contributed by atoms with Crippen molar-refractivity contribution in [2.24, 2.45) is 11.8 Å². The maximum Gasteiger partial charge on any atom is 0.404 e. The van der Waals surface area contributed by atoms with Crippen molar-refractivity contribution in [2.45, 2.75) is 39.0 Å². The zero-order valence-corrected chi connectivity index (χ0v) is 19.6. The number of aliphatic hydroxyl groups excluding tert-OH is 1. The van der Waals surface area contributed by atoms with Crippen LogP contribution in [0.15, 0.2) is 59.0 Å². The van der Waals surface area contributed by atoms with Crippen molar-refractivity contribution >= 4 is 15.7 Å². The number of aliphatic hydroxyl groups is 1. The number of nitrogens with one attached hydrogen (secondary N) is 1. The van der Waals surface area contributed by atoms with Crippen molar-refractivity contribution < 1.29 is 31.1 Å². The van der Waals surface area contributed by atoms with Crippen LogP contribution < -0.4 is 10.4 Å². The van der Waals surface area contributed by atoms with Gasteiger partial charge in [0.1, 0.15) is 5.82 Å². The normalized spacial score (nSPS) is 23.5.